The Kier molecular flexibility index (Phi) is 5.61. The van der Waals surface area contributed by atoms with Crippen LogP contribution in [0.1, 0.15) is 18.4 Å². The predicted octanol–water partition coefficient (Wildman–Crippen LogP) is 1.28. The fourth-order valence-electron chi connectivity index (χ4n) is 1.97. The van der Waals surface area contributed by atoms with E-state index in [1.807, 2.05) is 0 Å². The van der Waals surface area contributed by atoms with E-state index >= 15 is 0 Å². The lowest BCUT2D eigenvalue weighted by Crippen LogP contribution is -2.37. The molecule has 0 saturated carbocycles. The molecule has 1 aromatic carbocycles. The molecule has 3 N–H and O–H groups in total. The number of nitro benzene ring substituents is 1. The van der Waals surface area contributed by atoms with Crippen molar-refractivity contribution in [2.24, 2.45) is 5.10 Å². The van der Waals surface area contributed by atoms with Crippen LogP contribution in [0.15, 0.2) is 23.3 Å². The van der Waals surface area contributed by atoms with Crippen LogP contribution in [0.2, 0.25) is 0 Å². The van der Waals surface area contributed by atoms with E-state index in [2.05, 4.69) is 15.8 Å². The van der Waals surface area contributed by atoms with Crippen LogP contribution in [-0.4, -0.2) is 40.6 Å². The standard InChI is InChI=1S/C13H16N4O4S/c18-12-4-3-10(17(19)20)6-9(12)7-15-16-13(22)14-8-11-2-1-5-21-11/h3-4,6-7,11,18H,1-2,5,8H2,(H2,14,16,22)/b15-7+/t11-/m0/s1. The summed E-state index contributed by atoms with van der Waals surface area (Å²) >= 11 is 5.04. The lowest BCUT2D eigenvalue weighted by atomic mass is 10.2. The number of nitro groups is 1. The van der Waals surface area contributed by atoms with Crippen molar-refractivity contribution in [3.8, 4) is 5.75 Å². The number of hydrogen-bond donors (Lipinski definition) is 3. The van der Waals surface area contributed by atoms with Gasteiger partial charge in [0.05, 0.1) is 17.2 Å². The largest absolute Gasteiger partial charge is 0.507 e. The number of hydrogen-bond acceptors (Lipinski definition) is 6. The fourth-order valence-corrected chi connectivity index (χ4v) is 2.11. The van der Waals surface area contributed by atoms with E-state index in [0.29, 0.717) is 11.7 Å². The van der Waals surface area contributed by atoms with Gasteiger partial charge in [-0.15, -0.1) is 0 Å². The van der Waals surface area contributed by atoms with Crippen molar-refractivity contribution in [3.63, 3.8) is 0 Å². The van der Waals surface area contributed by atoms with Gasteiger partial charge in [-0.1, -0.05) is 0 Å². The van der Waals surface area contributed by atoms with Crippen molar-refractivity contribution in [2.75, 3.05) is 13.2 Å². The summed E-state index contributed by atoms with van der Waals surface area (Å²) in [5.41, 5.74) is 2.68. The number of benzene rings is 1. The number of nitrogens with zero attached hydrogens (tertiary/aromatic N) is 2. The second-order valence-corrected chi connectivity index (χ2v) is 5.12. The maximum absolute atomic E-state index is 10.7. The number of thiocarbonyl (C=S) groups is 1. The maximum atomic E-state index is 10.7. The molecule has 9 heteroatoms. The van der Waals surface area contributed by atoms with Crippen molar-refractivity contribution in [1.82, 2.24) is 10.7 Å². The van der Waals surface area contributed by atoms with Crippen LogP contribution in [0.5, 0.6) is 5.75 Å². The minimum absolute atomic E-state index is 0.102. The fraction of sp³-hybridized carbons (Fsp3) is 0.385. The Morgan fingerprint density at radius 1 is 1.64 bits per heavy atom. The molecule has 1 atom stereocenters. The molecule has 118 valence electrons. The van der Waals surface area contributed by atoms with Gasteiger partial charge in [-0.3, -0.25) is 15.5 Å². The Morgan fingerprint density at radius 3 is 3.14 bits per heavy atom. The molecule has 22 heavy (non-hydrogen) atoms. The SMILES string of the molecule is O=[N+]([O-])c1ccc(O)c(/C=N/NC(=S)NC[C@@H]2CCCO2)c1. The van der Waals surface area contributed by atoms with Gasteiger partial charge in [0.2, 0.25) is 0 Å². The zero-order valence-electron chi connectivity index (χ0n) is 11.7. The van der Waals surface area contributed by atoms with Crippen molar-refractivity contribution >= 4 is 29.2 Å². The highest BCUT2D eigenvalue weighted by Crippen LogP contribution is 2.21. The summed E-state index contributed by atoms with van der Waals surface area (Å²) in [6.45, 7) is 1.38. The third-order valence-corrected chi connectivity index (χ3v) is 3.34. The van der Waals surface area contributed by atoms with Crippen molar-refractivity contribution in [2.45, 2.75) is 18.9 Å². The summed E-state index contributed by atoms with van der Waals surface area (Å²) in [6, 6.07) is 3.69. The van der Waals surface area contributed by atoms with Crippen molar-refractivity contribution < 1.29 is 14.8 Å². The van der Waals surface area contributed by atoms with Gasteiger partial charge in [0.1, 0.15) is 5.75 Å². The van der Waals surface area contributed by atoms with Crippen LogP contribution in [0.25, 0.3) is 0 Å². The molecule has 1 fully saturated rings. The summed E-state index contributed by atoms with van der Waals surface area (Å²) in [6.07, 6.45) is 3.48. The highest BCUT2D eigenvalue weighted by atomic mass is 32.1. The highest BCUT2D eigenvalue weighted by Gasteiger charge is 2.15. The molecule has 1 aliphatic heterocycles. The first-order chi connectivity index (χ1) is 10.6. The molecule has 0 radical (unpaired) electrons. The van der Waals surface area contributed by atoms with Crippen LogP contribution in [0, 0.1) is 10.1 Å². The number of non-ortho nitro benzene ring substituents is 1. The summed E-state index contributed by atoms with van der Waals surface area (Å²) in [7, 11) is 0. The first kappa shape index (κ1) is 16.1. The minimum atomic E-state index is -0.544. The molecular formula is C13H16N4O4S. The Balaban J connectivity index is 1.84. The molecular weight excluding hydrogens is 308 g/mol. The molecule has 0 bridgehead atoms. The molecule has 0 aliphatic carbocycles. The Hall–Kier alpha value is -2.26. The monoisotopic (exact) mass is 324 g/mol. The number of phenolic OH excluding ortho intramolecular Hbond substituents is 1. The average molecular weight is 324 g/mol. The second kappa shape index (κ2) is 7.66. The van der Waals surface area contributed by atoms with Gasteiger partial charge in [-0.25, -0.2) is 0 Å². The van der Waals surface area contributed by atoms with Gasteiger partial charge in [-0.05, 0) is 31.1 Å². The summed E-state index contributed by atoms with van der Waals surface area (Å²) in [4.78, 5) is 10.1. The topological polar surface area (TPSA) is 109 Å². The third-order valence-electron chi connectivity index (χ3n) is 3.11. The lowest BCUT2D eigenvalue weighted by molar-refractivity contribution is -0.384. The van der Waals surface area contributed by atoms with E-state index in [1.165, 1.54) is 24.4 Å². The highest BCUT2D eigenvalue weighted by molar-refractivity contribution is 7.80. The van der Waals surface area contributed by atoms with Crippen LogP contribution in [-0.2, 0) is 4.74 Å². The Bertz CT molecular complexity index is 587. The van der Waals surface area contributed by atoms with Gasteiger partial charge in [-0.2, -0.15) is 5.10 Å². The number of ether oxygens (including phenoxy) is 1. The number of rotatable bonds is 5. The van der Waals surface area contributed by atoms with E-state index in [1.54, 1.807) is 0 Å². The van der Waals surface area contributed by atoms with Crippen molar-refractivity contribution in [1.29, 1.82) is 0 Å². The molecule has 0 spiro atoms. The Morgan fingerprint density at radius 2 is 2.45 bits per heavy atom. The van der Waals surface area contributed by atoms with Gasteiger partial charge in [0.25, 0.3) is 5.69 Å². The third kappa shape index (κ3) is 4.64. The molecule has 1 saturated heterocycles. The summed E-state index contributed by atoms with van der Waals surface area (Å²) < 4.78 is 5.44. The normalized spacial score (nSPS) is 17.5. The molecule has 0 amide bonds. The molecule has 2 rings (SSSR count). The molecule has 0 aromatic heterocycles. The zero-order chi connectivity index (χ0) is 15.9. The first-order valence-corrected chi connectivity index (χ1v) is 7.13. The van der Waals surface area contributed by atoms with Crippen LogP contribution >= 0.6 is 12.2 Å². The van der Waals surface area contributed by atoms with Gasteiger partial charge in [0.15, 0.2) is 5.11 Å². The Labute approximate surface area is 132 Å². The quantitative estimate of drug-likeness (QED) is 0.324. The van der Waals surface area contributed by atoms with E-state index in [9.17, 15) is 15.2 Å². The van der Waals surface area contributed by atoms with E-state index < -0.39 is 4.92 Å². The van der Waals surface area contributed by atoms with E-state index in [-0.39, 0.29) is 23.1 Å². The van der Waals surface area contributed by atoms with Crippen LogP contribution < -0.4 is 10.7 Å². The van der Waals surface area contributed by atoms with E-state index in [0.717, 1.165) is 19.4 Å². The van der Waals surface area contributed by atoms with E-state index in [4.69, 9.17) is 17.0 Å². The minimum Gasteiger partial charge on any atom is -0.507 e. The summed E-state index contributed by atoms with van der Waals surface area (Å²) in [5, 5.41) is 27.4. The lowest BCUT2D eigenvalue weighted by Gasteiger charge is -2.11. The number of hydrazone groups is 1. The summed E-state index contributed by atoms with van der Waals surface area (Å²) in [5.74, 6) is -0.102. The first-order valence-electron chi connectivity index (χ1n) is 6.72. The van der Waals surface area contributed by atoms with Crippen LogP contribution in [0.4, 0.5) is 5.69 Å². The maximum Gasteiger partial charge on any atom is 0.270 e. The zero-order valence-corrected chi connectivity index (χ0v) is 12.5. The number of phenols is 1. The number of aromatic hydroxyl groups is 1. The predicted molar refractivity (Wildman–Crippen MR) is 85.1 cm³/mol. The smallest absolute Gasteiger partial charge is 0.270 e. The van der Waals surface area contributed by atoms with Crippen LogP contribution in [0.3, 0.4) is 0 Å². The number of nitrogens with one attached hydrogen (secondary N) is 2. The molecule has 1 heterocycles. The van der Waals surface area contributed by atoms with Crippen molar-refractivity contribution in [3.05, 3.63) is 33.9 Å². The van der Waals surface area contributed by atoms with Gasteiger partial charge in [0, 0.05) is 30.8 Å². The average Bonchev–Trinajstić information content (AvgIpc) is 3.00. The van der Waals surface area contributed by atoms with Gasteiger partial charge >= 0.3 is 0 Å². The molecule has 8 nitrogen and oxygen atoms in total. The molecule has 1 aliphatic rings. The molecule has 0 unspecified atom stereocenters. The molecule has 1 aromatic rings. The van der Waals surface area contributed by atoms with Gasteiger partial charge < -0.3 is 15.2 Å². The second-order valence-electron chi connectivity index (χ2n) is 4.72.